The molecule has 0 N–H and O–H groups in total. The molecule has 2 saturated carbocycles. The minimum Gasteiger partial charge on any atom is -0.465 e. The summed E-state index contributed by atoms with van der Waals surface area (Å²) in [6.45, 7) is 11.3. The molecule has 33 atom stereocenters. The summed E-state index contributed by atoms with van der Waals surface area (Å²) in [5, 5.41) is 0. The highest BCUT2D eigenvalue weighted by Gasteiger charge is 2.69. The molecule has 0 radical (unpaired) electrons. The van der Waals surface area contributed by atoms with Crippen molar-refractivity contribution in [3.63, 3.8) is 0 Å². The quantitative estimate of drug-likeness (QED) is 0.0355. The molecule has 14 bridgehead atoms. The number of cyclic esters (lactones) is 10. The topological polar surface area (TPSA) is 383 Å². The second-order valence-electron chi connectivity index (χ2n) is 46.5. The molecule has 22 saturated heterocycles. The van der Waals surface area contributed by atoms with E-state index in [-0.39, 0.29) is 226 Å². The molecule has 147 heavy (non-hydrogen) atoms. The molecular weight excluding hydrogens is 2060 g/mol. The van der Waals surface area contributed by atoms with Gasteiger partial charge < -0.3 is 109 Å². The summed E-state index contributed by atoms with van der Waals surface area (Å²) in [5.74, 6) is 2.38. The first-order chi connectivity index (χ1) is 71.3. The van der Waals surface area contributed by atoms with Crippen LogP contribution in [0.25, 0.3) is 0 Å². The van der Waals surface area contributed by atoms with Gasteiger partial charge in [0.1, 0.15) is 30.8 Å². The predicted octanol–water partition coefficient (Wildman–Crippen LogP) is 0.562. The van der Waals surface area contributed by atoms with Gasteiger partial charge in [-0.1, -0.05) is 79.7 Å². The van der Waals surface area contributed by atoms with Crippen LogP contribution in [0.1, 0.15) is 225 Å². The van der Waals surface area contributed by atoms with Gasteiger partial charge in [-0.05, 0) is 134 Å². The van der Waals surface area contributed by atoms with Crippen LogP contribution in [0.5, 0.6) is 0 Å². The van der Waals surface area contributed by atoms with Gasteiger partial charge in [-0.2, -0.15) is 0 Å². The third-order valence-electron chi connectivity index (χ3n) is 36.0. The lowest BCUT2D eigenvalue weighted by Gasteiger charge is -2.34. The van der Waals surface area contributed by atoms with Crippen LogP contribution in [-0.2, 0) is 157 Å². The van der Waals surface area contributed by atoms with Gasteiger partial charge in [-0.3, -0.25) is 47.9 Å². The van der Waals surface area contributed by atoms with Crippen molar-refractivity contribution in [2.24, 2.45) is 74.4 Å². The van der Waals surface area contributed by atoms with E-state index < -0.39 is 0 Å². The molecule has 22 heterocycles. The second-order valence-corrected chi connectivity index (χ2v) is 56.5. The van der Waals surface area contributed by atoms with Crippen LogP contribution >= 0.6 is 0 Å². The Morgan fingerprint density at radius 2 is 0.810 bits per heavy atom. The molecule has 2 aliphatic carbocycles. The van der Waals surface area contributed by atoms with Gasteiger partial charge in [-0.15, -0.1) is 0 Å². The SMILES string of the molecule is O=C1CC(CCC[SiH3])CO1.O=C1CC2(CO1)CC1CC(OCCC[SiH3])C2O1.O=C1CC2(CO1)CC1CC2CC1OCCC[SiH3].O=C1CC2(CO1)CC1OC2CC1OCCC[SiH3].O=C1CCC(CCC[SiH3])O1.O=C1OCC2C3CC(OCCC[SiH3])C(O3)C12.O=C1OCC2C3OC(CC3OCCC[SiH3])C12.O=C1OCCC12CC1CC(OCCC[SiH3])C2O1.O=C1OCCC12CC1OC2CC1OCCC[SiH3].O=C1OCCC1CCC[SiH3]. The number of hydrogen-bond acceptors (Lipinski definition) is 33. The van der Waals surface area contributed by atoms with E-state index in [0.717, 1.165) is 188 Å². The van der Waals surface area contributed by atoms with Gasteiger partial charge in [-0.25, -0.2) is 0 Å². The standard InChI is InChI=1S/C13H22O3Si.4C12H20O4Si.2C11H18O4Si.3C7H14O2Si/c14-12-7-13(8-16-12)6-9-4-10(13)5-11(9)15-2-1-3-17;13-11-12(2-4-15-11)7-9-8(6-10(12)16-9)14-3-1-5-17;13-11-12(2-4-15-11)7-8-6-9(10(12)16-8)14-3-1-5-17;13-11-6-12(7-15-11)5-9-8(4-10(12)16-9)14-2-1-3-17;13-10-6-12(7-15-10)5-8-4-9(11(12)16-8)14-2-1-3-17;12-11-9-6(5-14-11)10-8(4-7(9)15-10)13-2-1-3-16;12-11-9-6(5-14-11)7-4-8(10(9)15-7)13-2-1-3-16;8-7-6(2-1-5-10)3-4-9-7;8-7-4-3-6(9-7)2-1-5-10;8-7-4-6(5-9-7)2-1-3-10/h9-11H,1-8H2,17H3;3*8-10H,1-7H2,17H3;8-9,11H,1-7H2,17H3;2*6-10H,1-5H2,16H3;3*6H,1-5H2,10H3. The minimum absolute atomic E-state index is 0.00153. The zero-order valence-corrected chi connectivity index (χ0v) is 110. The summed E-state index contributed by atoms with van der Waals surface area (Å²) in [6, 6.07) is 13.0. The van der Waals surface area contributed by atoms with Crippen LogP contribution in [0, 0.1) is 74.4 Å². The zero-order valence-electron chi connectivity index (χ0n) is 90.3. The molecule has 24 fully saturated rings. The van der Waals surface area contributed by atoms with Gasteiger partial charge in [0.05, 0.1) is 205 Å². The molecule has 0 amide bonds. The molecule has 24 aliphatic rings. The molecule has 0 aromatic heterocycles. The van der Waals surface area contributed by atoms with Crippen molar-refractivity contribution < 1.29 is 157 Å². The average molecular weight is 2240 g/mol. The lowest BCUT2D eigenvalue weighted by Crippen LogP contribution is -2.45. The van der Waals surface area contributed by atoms with E-state index in [1.54, 1.807) is 0 Å². The summed E-state index contributed by atoms with van der Waals surface area (Å²) in [7, 11) is 12.6. The lowest BCUT2D eigenvalue weighted by molar-refractivity contribution is -0.152. The molecule has 5 spiro atoms. The van der Waals surface area contributed by atoms with Crippen molar-refractivity contribution in [3.05, 3.63) is 0 Å². The molecule has 834 valence electrons. The Bertz CT molecular complexity index is 4160. The number of rotatable bonds is 37. The third-order valence-corrected chi connectivity index (χ3v) is 43.0. The van der Waals surface area contributed by atoms with E-state index in [4.69, 9.17) is 109 Å². The van der Waals surface area contributed by atoms with Crippen LogP contribution in [0.15, 0.2) is 0 Å². The van der Waals surface area contributed by atoms with Gasteiger partial charge in [0.25, 0.3) is 0 Å². The number of fused-ring (bicyclic) bond motifs is 25. The highest BCUT2D eigenvalue weighted by molar-refractivity contribution is 6.10. The average Bonchev–Trinajstić information content (AvgIpc) is 1.58. The molecule has 24 rings (SSSR count). The monoisotopic (exact) mass is 2240 g/mol. The predicted molar refractivity (Wildman–Crippen MR) is 578 cm³/mol. The molecule has 33 unspecified atom stereocenters. The van der Waals surface area contributed by atoms with E-state index >= 15 is 0 Å². The molecule has 43 heteroatoms. The first kappa shape index (κ1) is 117. The van der Waals surface area contributed by atoms with Crippen LogP contribution < -0.4 is 0 Å². The van der Waals surface area contributed by atoms with Crippen molar-refractivity contribution in [1.29, 1.82) is 0 Å². The normalized spacial score (nSPS) is 40.2. The Kier molecular flexibility index (Phi) is 45.1. The smallest absolute Gasteiger partial charge is 0.315 e. The van der Waals surface area contributed by atoms with E-state index in [0.29, 0.717) is 121 Å². The fraction of sp³-hybridized carbons (Fsp3) is 0.904. The van der Waals surface area contributed by atoms with Crippen LogP contribution in [0.2, 0.25) is 60.4 Å². The van der Waals surface area contributed by atoms with Crippen LogP contribution in [0.4, 0.5) is 0 Å². The Morgan fingerprint density at radius 3 is 1.30 bits per heavy atom. The molecule has 0 aromatic carbocycles. The third kappa shape index (κ3) is 28.9. The summed E-state index contributed by atoms with van der Waals surface area (Å²) >= 11 is 0. The summed E-state index contributed by atoms with van der Waals surface area (Å²) in [5.41, 5.74) is -0.555. The van der Waals surface area contributed by atoms with Crippen molar-refractivity contribution in [1.82, 2.24) is 0 Å². The summed E-state index contributed by atoms with van der Waals surface area (Å²) in [6.07, 6.45) is 37.9. The fourth-order valence-corrected chi connectivity index (χ4v) is 30.8. The highest BCUT2D eigenvalue weighted by atomic mass is 28.2. The highest BCUT2D eigenvalue weighted by Crippen LogP contribution is 2.62. The largest absolute Gasteiger partial charge is 0.465 e. The van der Waals surface area contributed by atoms with Gasteiger partial charge in [0, 0.05) is 240 Å². The van der Waals surface area contributed by atoms with Crippen molar-refractivity contribution in [2.75, 3.05) is 106 Å². The Hall–Kier alpha value is -3.65. The van der Waals surface area contributed by atoms with E-state index in [2.05, 4.69) is 0 Å². The zero-order chi connectivity index (χ0) is 104. The van der Waals surface area contributed by atoms with E-state index in [9.17, 15) is 47.9 Å². The Morgan fingerprint density at radius 1 is 0.320 bits per heavy atom. The molecule has 22 aliphatic heterocycles. The van der Waals surface area contributed by atoms with Crippen LogP contribution in [-0.4, -0.2) is 390 Å². The van der Waals surface area contributed by atoms with E-state index in [1.165, 1.54) is 214 Å². The lowest BCUT2D eigenvalue weighted by atomic mass is 9.72. The fourth-order valence-electron chi connectivity index (χ4n) is 27.6. The number of ether oxygens (including phenoxy) is 23. The maximum Gasteiger partial charge on any atom is 0.315 e. The number of esters is 10. The van der Waals surface area contributed by atoms with Crippen molar-refractivity contribution in [2.45, 2.75) is 407 Å². The molecule has 33 nitrogen and oxygen atoms in total. The second kappa shape index (κ2) is 56.5. The first-order valence-electron chi connectivity index (χ1n) is 58.2. The minimum atomic E-state index is -0.367. The number of carbonyl (C=O) groups excluding carboxylic acids is 10. The maximum atomic E-state index is 11.9. The van der Waals surface area contributed by atoms with Gasteiger partial charge in [0.15, 0.2) is 0 Å². The maximum absolute atomic E-state index is 11.9. The van der Waals surface area contributed by atoms with Crippen LogP contribution in [0.3, 0.4) is 0 Å². The summed E-state index contributed by atoms with van der Waals surface area (Å²) in [4.78, 5) is 113. The van der Waals surface area contributed by atoms with Crippen molar-refractivity contribution >= 4 is 162 Å². The van der Waals surface area contributed by atoms with Gasteiger partial charge >= 0.3 is 59.7 Å². The van der Waals surface area contributed by atoms with Gasteiger partial charge in [0.2, 0.25) is 0 Å². The Labute approximate surface area is 900 Å². The Balaban J connectivity index is 0.000000123. The molecule has 0 aromatic rings. The van der Waals surface area contributed by atoms with E-state index in [1.807, 2.05) is 0 Å². The number of hydrogen-bond donors (Lipinski definition) is 0. The molecular formula is C104H180O33Si10. The first-order valence-corrected chi connectivity index (χ1v) is 72.4. The summed E-state index contributed by atoms with van der Waals surface area (Å²) < 4.78 is 127. The number of carbonyl (C=O) groups is 10. The van der Waals surface area contributed by atoms with Crippen molar-refractivity contribution in [3.8, 4) is 0 Å².